The van der Waals surface area contributed by atoms with Crippen LogP contribution in [0.3, 0.4) is 0 Å². The van der Waals surface area contributed by atoms with Gasteiger partial charge in [-0.25, -0.2) is 0 Å². The van der Waals surface area contributed by atoms with Gasteiger partial charge in [-0.15, -0.1) is 0 Å². The van der Waals surface area contributed by atoms with Gasteiger partial charge >= 0.3 is 0 Å². The third kappa shape index (κ3) is 1.96. The highest BCUT2D eigenvalue weighted by atomic mass is 16.2. The van der Waals surface area contributed by atoms with Crippen LogP contribution in [0, 0.1) is 5.41 Å². The largest absolute Gasteiger partial charge is 0.396 e. The second kappa shape index (κ2) is 4.19. The average molecular weight is 197 g/mol. The second-order valence-electron chi connectivity index (χ2n) is 5.33. The van der Waals surface area contributed by atoms with Crippen molar-refractivity contribution < 1.29 is 5.11 Å². The normalized spacial score (nSPS) is 27.9. The highest BCUT2D eigenvalue weighted by Gasteiger charge is 2.45. The van der Waals surface area contributed by atoms with E-state index in [2.05, 4.69) is 11.8 Å². The van der Waals surface area contributed by atoms with Gasteiger partial charge in [-0.05, 0) is 38.0 Å². The Morgan fingerprint density at radius 2 is 1.93 bits per heavy atom. The highest BCUT2D eigenvalue weighted by Crippen LogP contribution is 2.46. The van der Waals surface area contributed by atoms with Gasteiger partial charge in [-0.1, -0.05) is 12.8 Å². The molecule has 0 amide bonds. The van der Waals surface area contributed by atoms with Crippen LogP contribution in [0.4, 0.5) is 0 Å². The van der Waals surface area contributed by atoms with Gasteiger partial charge in [0.2, 0.25) is 0 Å². The zero-order valence-corrected chi connectivity index (χ0v) is 9.34. The summed E-state index contributed by atoms with van der Waals surface area (Å²) in [6.45, 7) is 5.32. The van der Waals surface area contributed by atoms with Gasteiger partial charge in [0.25, 0.3) is 0 Å². The Morgan fingerprint density at radius 1 is 1.29 bits per heavy atom. The molecule has 0 aromatic heterocycles. The van der Waals surface area contributed by atoms with E-state index in [-0.39, 0.29) is 0 Å². The first-order chi connectivity index (χ1) is 6.76. The van der Waals surface area contributed by atoms with Crippen LogP contribution in [0.25, 0.3) is 0 Å². The number of likely N-dealkylation sites (tertiary alicyclic amines) is 1. The van der Waals surface area contributed by atoms with E-state index in [1.807, 2.05) is 0 Å². The molecule has 1 saturated carbocycles. The maximum absolute atomic E-state index is 8.77. The molecule has 1 atom stereocenters. The molecule has 1 N–H and O–H groups in total. The molecule has 2 aliphatic rings. The van der Waals surface area contributed by atoms with Crippen LogP contribution in [-0.4, -0.2) is 35.7 Å². The minimum absolute atomic E-state index is 0.351. The number of rotatable bonds is 4. The Kier molecular flexibility index (Phi) is 3.13. The summed E-state index contributed by atoms with van der Waals surface area (Å²) in [5, 5.41) is 8.77. The molecule has 0 radical (unpaired) electrons. The van der Waals surface area contributed by atoms with Gasteiger partial charge in [0, 0.05) is 25.7 Å². The zero-order valence-electron chi connectivity index (χ0n) is 9.34. The van der Waals surface area contributed by atoms with Gasteiger partial charge in [-0.2, -0.15) is 0 Å². The maximum atomic E-state index is 8.77. The van der Waals surface area contributed by atoms with Crippen LogP contribution in [0.1, 0.15) is 45.4 Å². The first-order valence-corrected chi connectivity index (χ1v) is 6.11. The maximum Gasteiger partial charge on any atom is 0.0431 e. The van der Waals surface area contributed by atoms with Crippen LogP contribution in [0.2, 0.25) is 0 Å². The van der Waals surface area contributed by atoms with Gasteiger partial charge in [-0.3, -0.25) is 4.90 Å². The van der Waals surface area contributed by atoms with E-state index in [1.54, 1.807) is 0 Å². The minimum Gasteiger partial charge on any atom is -0.396 e. The van der Waals surface area contributed by atoms with Crippen molar-refractivity contribution in [2.75, 3.05) is 19.7 Å². The molecule has 1 aliphatic heterocycles. The lowest BCUT2D eigenvalue weighted by Gasteiger charge is -2.51. The number of aliphatic hydroxyl groups is 1. The lowest BCUT2D eigenvalue weighted by Crippen LogP contribution is -2.57. The van der Waals surface area contributed by atoms with Gasteiger partial charge in [0.1, 0.15) is 0 Å². The third-order valence-corrected chi connectivity index (χ3v) is 4.14. The summed E-state index contributed by atoms with van der Waals surface area (Å²) in [7, 11) is 0. The molecule has 1 aliphatic carbocycles. The van der Waals surface area contributed by atoms with Crippen molar-refractivity contribution in [3.63, 3.8) is 0 Å². The summed E-state index contributed by atoms with van der Waals surface area (Å²) in [4.78, 5) is 2.60. The summed E-state index contributed by atoms with van der Waals surface area (Å²) in [6.07, 6.45) is 7.97. The molecular weight excluding hydrogens is 174 g/mol. The molecule has 14 heavy (non-hydrogen) atoms. The van der Waals surface area contributed by atoms with E-state index >= 15 is 0 Å². The number of hydrogen-bond acceptors (Lipinski definition) is 2. The monoisotopic (exact) mass is 197 g/mol. The molecule has 0 aromatic rings. The summed E-state index contributed by atoms with van der Waals surface area (Å²) in [5.74, 6) is 0. The number of hydrogen-bond donors (Lipinski definition) is 1. The molecular formula is C12H23NO. The lowest BCUT2D eigenvalue weighted by molar-refractivity contribution is -0.0251. The number of aliphatic hydroxyl groups excluding tert-OH is 1. The number of nitrogens with zero attached hydrogens (tertiary/aromatic N) is 1. The summed E-state index contributed by atoms with van der Waals surface area (Å²) >= 11 is 0. The van der Waals surface area contributed by atoms with Crippen molar-refractivity contribution in [1.82, 2.24) is 4.90 Å². The molecule has 1 heterocycles. The van der Waals surface area contributed by atoms with Crippen LogP contribution >= 0.6 is 0 Å². The van der Waals surface area contributed by atoms with E-state index in [0.29, 0.717) is 12.6 Å². The van der Waals surface area contributed by atoms with Crippen molar-refractivity contribution in [2.45, 2.75) is 51.5 Å². The first-order valence-electron chi connectivity index (χ1n) is 6.11. The molecule has 1 saturated heterocycles. The van der Waals surface area contributed by atoms with Crippen LogP contribution in [-0.2, 0) is 0 Å². The van der Waals surface area contributed by atoms with Gasteiger partial charge in [0.15, 0.2) is 0 Å². The van der Waals surface area contributed by atoms with Crippen LogP contribution in [0.5, 0.6) is 0 Å². The van der Waals surface area contributed by atoms with E-state index in [1.165, 1.54) is 38.8 Å². The van der Waals surface area contributed by atoms with E-state index < -0.39 is 0 Å². The standard InChI is InChI=1S/C12H23NO/c1-11(5-4-8-14)13-9-12(10-13)6-2-3-7-12/h11,14H,2-10H2,1H3. The molecule has 1 unspecified atom stereocenters. The topological polar surface area (TPSA) is 23.5 Å². The lowest BCUT2D eigenvalue weighted by atomic mass is 9.77. The Labute approximate surface area is 87.3 Å². The summed E-state index contributed by atoms with van der Waals surface area (Å²) < 4.78 is 0. The van der Waals surface area contributed by atoms with Crippen molar-refractivity contribution in [3.8, 4) is 0 Å². The van der Waals surface area contributed by atoms with E-state index in [4.69, 9.17) is 5.11 Å². The molecule has 82 valence electrons. The second-order valence-corrected chi connectivity index (χ2v) is 5.33. The molecule has 1 spiro atoms. The molecule has 2 fully saturated rings. The predicted molar refractivity (Wildman–Crippen MR) is 58.3 cm³/mol. The minimum atomic E-state index is 0.351. The predicted octanol–water partition coefficient (Wildman–Crippen LogP) is 2.02. The highest BCUT2D eigenvalue weighted by molar-refractivity contribution is 4.99. The average Bonchev–Trinajstić information content (AvgIpc) is 2.60. The van der Waals surface area contributed by atoms with Crippen molar-refractivity contribution in [3.05, 3.63) is 0 Å². The Morgan fingerprint density at radius 3 is 2.50 bits per heavy atom. The SMILES string of the molecule is CC(CCCO)N1CC2(CCCC2)C1. The molecule has 2 nitrogen and oxygen atoms in total. The summed E-state index contributed by atoms with van der Waals surface area (Å²) in [6, 6.07) is 0.688. The van der Waals surface area contributed by atoms with Gasteiger partial charge < -0.3 is 5.11 Å². The smallest absolute Gasteiger partial charge is 0.0431 e. The van der Waals surface area contributed by atoms with Crippen LogP contribution in [0.15, 0.2) is 0 Å². The van der Waals surface area contributed by atoms with E-state index in [0.717, 1.165) is 18.3 Å². The first kappa shape index (κ1) is 10.4. The van der Waals surface area contributed by atoms with E-state index in [9.17, 15) is 0 Å². The summed E-state index contributed by atoms with van der Waals surface area (Å²) in [5.41, 5.74) is 0.730. The Hall–Kier alpha value is -0.0800. The van der Waals surface area contributed by atoms with Crippen LogP contribution < -0.4 is 0 Å². The Bertz CT molecular complexity index is 179. The molecule has 0 bridgehead atoms. The van der Waals surface area contributed by atoms with Crippen molar-refractivity contribution in [2.24, 2.45) is 5.41 Å². The van der Waals surface area contributed by atoms with Crippen molar-refractivity contribution >= 4 is 0 Å². The fourth-order valence-corrected chi connectivity index (χ4v) is 3.14. The third-order valence-electron chi connectivity index (χ3n) is 4.14. The quantitative estimate of drug-likeness (QED) is 0.745. The van der Waals surface area contributed by atoms with Gasteiger partial charge in [0.05, 0.1) is 0 Å². The molecule has 2 heteroatoms. The fraction of sp³-hybridized carbons (Fsp3) is 1.00. The Balaban J connectivity index is 1.70. The van der Waals surface area contributed by atoms with Crippen molar-refractivity contribution in [1.29, 1.82) is 0 Å². The zero-order chi connectivity index (χ0) is 10.0. The molecule has 0 aromatic carbocycles. The molecule has 2 rings (SSSR count). The fourth-order valence-electron chi connectivity index (χ4n) is 3.14.